The van der Waals surface area contributed by atoms with Crippen LogP contribution in [0.1, 0.15) is 35.7 Å². The van der Waals surface area contributed by atoms with Gasteiger partial charge in [0.15, 0.2) is 6.79 Å². The number of methoxy groups -OCH3 is 1. The Morgan fingerprint density at radius 3 is 2.62 bits per heavy atom. The van der Waals surface area contributed by atoms with Gasteiger partial charge in [0.1, 0.15) is 11.3 Å². The Morgan fingerprint density at radius 2 is 2.12 bits per heavy atom. The zero-order valence-corrected chi connectivity index (χ0v) is 9.69. The molecule has 0 spiro atoms. The second-order valence-corrected chi connectivity index (χ2v) is 3.73. The van der Waals surface area contributed by atoms with E-state index in [0.29, 0.717) is 5.75 Å². The molecule has 0 heterocycles. The summed E-state index contributed by atoms with van der Waals surface area (Å²) >= 11 is 0. The van der Waals surface area contributed by atoms with Crippen LogP contribution in [0.15, 0.2) is 18.2 Å². The molecule has 4 nitrogen and oxygen atoms in total. The Bertz CT molecular complexity index is 371. The minimum atomic E-state index is -0.992. The number of hydrogen-bond donors (Lipinski definition) is 1. The van der Waals surface area contributed by atoms with Crippen molar-refractivity contribution in [2.75, 3.05) is 13.9 Å². The summed E-state index contributed by atoms with van der Waals surface area (Å²) in [6.07, 6.45) is 0. The lowest BCUT2D eigenvalue weighted by Crippen LogP contribution is -2.08. The van der Waals surface area contributed by atoms with Crippen LogP contribution in [0, 0.1) is 0 Å². The Hall–Kier alpha value is -1.55. The van der Waals surface area contributed by atoms with Crippen molar-refractivity contribution < 1.29 is 19.4 Å². The minimum Gasteiger partial charge on any atom is -0.478 e. The van der Waals surface area contributed by atoms with Gasteiger partial charge in [0.25, 0.3) is 0 Å². The van der Waals surface area contributed by atoms with Crippen molar-refractivity contribution >= 4 is 5.97 Å². The number of rotatable bonds is 5. The zero-order chi connectivity index (χ0) is 12.1. The number of para-hydroxylation sites is 1. The van der Waals surface area contributed by atoms with Crippen molar-refractivity contribution in [3.63, 3.8) is 0 Å². The molecule has 4 heteroatoms. The maximum Gasteiger partial charge on any atom is 0.339 e. The molecular formula is C12H16O4. The van der Waals surface area contributed by atoms with Crippen molar-refractivity contribution in [3.8, 4) is 5.75 Å². The van der Waals surface area contributed by atoms with E-state index in [2.05, 4.69) is 0 Å². The highest BCUT2D eigenvalue weighted by molar-refractivity contribution is 5.91. The van der Waals surface area contributed by atoms with E-state index >= 15 is 0 Å². The van der Waals surface area contributed by atoms with Gasteiger partial charge in [0, 0.05) is 7.11 Å². The zero-order valence-electron chi connectivity index (χ0n) is 9.69. The number of ether oxygens (including phenoxy) is 2. The first-order valence-electron chi connectivity index (χ1n) is 5.05. The van der Waals surface area contributed by atoms with Crippen LogP contribution in [0.25, 0.3) is 0 Å². The van der Waals surface area contributed by atoms with E-state index in [0.717, 1.165) is 5.56 Å². The predicted molar refractivity (Wildman–Crippen MR) is 60.0 cm³/mol. The SMILES string of the molecule is COCOc1c(C(=O)O)cccc1C(C)C. The fraction of sp³-hybridized carbons (Fsp3) is 0.417. The normalized spacial score (nSPS) is 10.5. The molecule has 0 fully saturated rings. The summed E-state index contributed by atoms with van der Waals surface area (Å²) in [5.41, 5.74) is 1.04. The molecule has 0 radical (unpaired) electrons. The third-order valence-corrected chi connectivity index (χ3v) is 2.22. The third kappa shape index (κ3) is 2.73. The molecule has 1 N–H and O–H groups in total. The number of aromatic carboxylic acids is 1. The molecule has 0 aliphatic carbocycles. The molecule has 0 aliphatic rings. The topological polar surface area (TPSA) is 55.8 Å². The summed E-state index contributed by atoms with van der Waals surface area (Å²) in [5, 5.41) is 9.05. The van der Waals surface area contributed by atoms with Crippen LogP contribution < -0.4 is 4.74 Å². The fourth-order valence-corrected chi connectivity index (χ4v) is 1.46. The highest BCUT2D eigenvalue weighted by atomic mass is 16.7. The molecule has 0 unspecified atom stereocenters. The van der Waals surface area contributed by atoms with Crippen LogP contribution in [-0.2, 0) is 4.74 Å². The van der Waals surface area contributed by atoms with Crippen LogP contribution in [-0.4, -0.2) is 25.0 Å². The van der Waals surface area contributed by atoms with E-state index in [4.69, 9.17) is 14.6 Å². The Balaban J connectivity index is 3.18. The van der Waals surface area contributed by atoms with Crippen LogP contribution in [0.4, 0.5) is 0 Å². The lowest BCUT2D eigenvalue weighted by atomic mass is 9.99. The summed E-state index contributed by atoms with van der Waals surface area (Å²) in [6.45, 7) is 4.02. The third-order valence-electron chi connectivity index (χ3n) is 2.22. The molecule has 0 bridgehead atoms. The van der Waals surface area contributed by atoms with Crippen molar-refractivity contribution in [1.29, 1.82) is 0 Å². The number of carbonyl (C=O) groups is 1. The van der Waals surface area contributed by atoms with E-state index in [1.807, 2.05) is 19.9 Å². The molecule has 0 saturated heterocycles. The Kier molecular flexibility index (Phi) is 4.31. The van der Waals surface area contributed by atoms with Crippen molar-refractivity contribution in [3.05, 3.63) is 29.3 Å². The standard InChI is InChI=1S/C12H16O4/c1-8(2)9-5-4-6-10(12(13)14)11(9)16-7-15-3/h4-6,8H,7H2,1-3H3,(H,13,14). The van der Waals surface area contributed by atoms with Gasteiger partial charge in [-0.1, -0.05) is 26.0 Å². The molecule has 0 saturated carbocycles. The highest BCUT2D eigenvalue weighted by Gasteiger charge is 2.17. The Morgan fingerprint density at radius 1 is 1.44 bits per heavy atom. The molecule has 1 aromatic carbocycles. The van der Waals surface area contributed by atoms with E-state index in [9.17, 15) is 4.79 Å². The molecule has 1 aromatic rings. The predicted octanol–water partition coefficient (Wildman–Crippen LogP) is 2.49. The highest BCUT2D eigenvalue weighted by Crippen LogP contribution is 2.30. The van der Waals surface area contributed by atoms with Crippen LogP contribution in [0.3, 0.4) is 0 Å². The monoisotopic (exact) mass is 224 g/mol. The minimum absolute atomic E-state index is 0.0456. The number of hydrogen-bond acceptors (Lipinski definition) is 3. The molecule has 0 amide bonds. The first kappa shape index (κ1) is 12.5. The molecular weight excluding hydrogens is 208 g/mol. The van der Waals surface area contributed by atoms with Crippen LogP contribution in [0.2, 0.25) is 0 Å². The van der Waals surface area contributed by atoms with Gasteiger partial charge >= 0.3 is 5.97 Å². The smallest absolute Gasteiger partial charge is 0.339 e. The largest absolute Gasteiger partial charge is 0.478 e. The van der Waals surface area contributed by atoms with Crippen molar-refractivity contribution in [1.82, 2.24) is 0 Å². The number of benzene rings is 1. The molecule has 1 rings (SSSR count). The van der Waals surface area contributed by atoms with Gasteiger partial charge in [0.05, 0.1) is 0 Å². The fourth-order valence-electron chi connectivity index (χ4n) is 1.46. The van der Waals surface area contributed by atoms with Crippen LogP contribution >= 0.6 is 0 Å². The Labute approximate surface area is 94.8 Å². The van der Waals surface area contributed by atoms with Gasteiger partial charge in [-0.05, 0) is 17.5 Å². The lowest BCUT2D eigenvalue weighted by Gasteiger charge is -2.15. The van der Waals surface area contributed by atoms with Gasteiger partial charge in [0.2, 0.25) is 0 Å². The molecule has 0 atom stereocenters. The summed E-state index contributed by atoms with van der Waals surface area (Å²) in [4.78, 5) is 11.0. The second kappa shape index (κ2) is 5.51. The summed E-state index contributed by atoms with van der Waals surface area (Å²) in [7, 11) is 1.50. The summed E-state index contributed by atoms with van der Waals surface area (Å²) in [5.74, 6) is -0.397. The van der Waals surface area contributed by atoms with Gasteiger partial charge in [-0.2, -0.15) is 0 Å². The molecule has 0 aromatic heterocycles. The van der Waals surface area contributed by atoms with E-state index < -0.39 is 5.97 Å². The first-order valence-corrected chi connectivity index (χ1v) is 5.05. The van der Waals surface area contributed by atoms with E-state index in [1.54, 1.807) is 6.07 Å². The van der Waals surface area contributed by atoms with E-state index in [-0.39, 0.29) is 18.3 Å². The average molecular weight is 224 g/mol. The van der Waals surface area contributed by atoms with Gasteiger partial charge in [-0.3, -0.25) is 0 Å². The van der Waals surface area contributed by atoms with Gasteiger partial charge < -0.3 is 14.6 Å². The maximum atomic E-state index is 11.0. The molecule has 88 valence electrons. The number of carboxylic acids is 1. The summed E-state index contributed by atoms with van der Waals surface area (Å²) in [6, 6.07) is 5.11. The quantitative estimate of drug-likeness (QED) is 0.781. The molecule has 16 heavy (non-hydrogen) atoms. The van der Waals surface area contributed by atoms with Gasteiger partial charge in [-0.15, -0.1) is 0 Å². The van der Waals surface area contributed by atoms with Crippen molar-refractivity contribution in [2.45, 2.75) is 19.8 Å². The second-order valence-electron chi connectivity index (χ2n) is 3.73. The maximum absolute atomic E-state index is 11.0. The van der Waals surface area contributed by atoms with E-state index in [1.165, 1.54) is 13.2 Å². The van der Waals surface area contributed by atoms with Gasteiger partial charge in [-0.25, -0.2) is 4.79 Å². The summed E-state index contributed by atoms with van der Waals surface area (Å²) < 4.78 is 10.1. The number of carboxylic acid groups (broad SMARTS) is 1. The molecule has 0 aliphatic heterocycles. The lowest BCUT2D eigenvalue weighted by molar-refractivity contribution is 0.0475. The average Bonchev–Trinajstić information content (AvgIpc) is 2.25. The first-order chi connectivity index (χ1) is 7.57. The van der Waals surface area contributed by atoms with Crippen molar-refractivity contribution in [2.24, 2.45) is 0 Å². The van der Waals surface area contributed by atoms with Crippen LogP contribution in [0.5, 0.6) is 5.75 Å².